The fourth-order valence-corrected chi connectivity index (χ4v) is 2.56. The van der Waals surface area contributed by atoms with E-state index >= 15 is 0 Å². The Hall–Kier alpha value is -1.31. The Labute approximate surface area is 123 Å². The molecule has 20 heavy (non-hydrogen) atoms. The predicted molar refractivity (Wildman–Crippen MR) is 83.7 cm³/mol. The molecule has 112 valence electrons. The van der Waals surface area contributed by atoms with E-state index in [9.17, 15) is 9.90 Å². The minimum atomic E-state index is -0.692. The molecule has 1 rings (SSSR count). The van der Waals surface area contributed by atoms with Crippen molar-refractivity contribution in [3.63, 3.8) is 0 Å². The highest BCUT2D eigenvalue weighted by molar-refractivity contribution is 5.74. The van der Waals surface area contributed by atoms with Crippen LogP contribution in [0.25, 0.3) is 0 Å². The predicted octanol–water partition coefficient (Wildman–Crippen LogP) is 4.78. The molecular weight excluding hydrogens is 248 g/mol. The van der Waals surface area contributed by atoms with Crippen molar-refractivity contribution in [1.82, 2.24) is 0 Å². The second kappa shape index (κ2) is 7.47. The number of carbonyl (C=O) groups is 1. The molecule has 2 nitrogen and oxygen atoms in total. The number of benzene rings is 1. The van der Waals surface area contributed by atoms with Crippen LogP contribution in [0, 0.1) is 17.3 Å². The highest BCUT2D eigenvalue weighted by Crippen LogP contribution is 2.34. The van der Waals surface area contributed by atoms with Crippen LogP contribution in [-0.4, -0.2) is 11.1 Å². The van der Waals surface area contributed by atoms with Crippen molar-refractivity contribution >= 4 is 5.97 Å². The zero-order valence-electron chi connectivity index (χ0n) is 13.2. The summed E-state index contributed by atoms with van der Waals surface area (Å²) in [5.74, 6) is 0.171. The van der Waals surface area contributed by atoms with Crippen molar-refractivity contribution in [3.05, 3.63) is 35.9 Å². The standard InChI is InChI=1S/C18H28O2/c1-14(2)9-8-12-16(18(3,4)17(19)20)13-15-10-6-5-7-11-15/h5-7,10-11,14,16H,8-9,12-13H2,1-4H3,(H,19,20). The molecule has 0 fully saturated rings. The van der Waals surface area contributed by atoms with E-state index in [1.807, 2.05) is 32.0 Å². The zero-order valence-corrected chi connectivity index (χ0v) is 13.2. The molecule has 0 amide bonds. The molecule has 2 heteroatoms. The Morgan fingerprint density at radius 2 is 1.75 bits per heavy atom. The third-order valence-corrected chi connectivity index (χ3v) is 4.23. The highest BCUT2D eigenvalue weighted by atomic mass is 16.4. The van der Waals surface area contributed by atoms with Crippen LogP contribution in [0.5, 0.6) is 0 Å². The first kappa shape index (κ1) is 16.7. The summed E-state index contributed by atoms with van der Waals surface area (Å²) in [6, 6.07) is 10.2. The molecule has 0 saturated carbocycles. The van der Waals surface area contributed by atoms with Gasteiger partial charge in [-0.15, -0.1) is 0 Å². The van der Waals surface area contributed by atoms with Gasteiger partial charge in [0.15, 0.2) is 0 Å². The molecule has 1 unspecified atom stereocenters. The molecule has 0 radical (unpaired) electrons. The normalized spacial score (nSPS) is 13.4. The van der Waals surface area contributed by atoms with E-state index in [1.165, 1.54) is 12.0 Å². The van der Waals surface area contributed by atoms with Gasteiger partial charge in [0.25, 0.3) is 0 Å². The van der Waals surface area contributed by atoms with Gasteiger partial charge in [0.1, 0.15) is 0 Å². The molecule has 1 aromatic carbocycles. The Morgan fingerprint density at radius 1 is 1.15 bits per heavy atom. The second-order valence-corrected chi connectivity index (χ2v) is 6.74. The average molecular weight is 276 g/mol. The summed E-state index contributed by atoms with van der Waals surface area (Å²) < 4.78 is 0. The molecule has 1 aromatic rings. The van der Waals surface area contributed by atoms with Gasteiger partial charge in [0.2, 0.25) is 0 Å². The number of carboxylic acid groups (broad SMARTS) is 1. The summed E-state index contributed by atoms with van der Waals surface area (Å²) in [6.07, 6.45) is 4.09. The van der Waals surface area contributed by atoms with Crippen LogP contribution < -0.4 is 0 Å². The maximum Gasteiger partial charge on any atom is 0.309 e. The SMILES string of the molecule is CC(C)CCCC(Cc1ccccc1)C(C)(C)C(=O)O. The number of carboxylic acids is 1. The summed E-state index contributed by atoms with van der Waals surface area (Å²) in [6.45, 7) is 8.15. The minimum Gasteiger partial charge on any atom is -0.481 e. The van der Waals surface area contributed by atoms with E-state index < -0.39 is 11.4 Å². The summed E-state index contributed by atoms with van der Waals surface area (Å²) in [5.41, 5.74) is 0.559. The Balaban J connectivity index is 2.76. The Bertz CT molecular complexity index is 407. The van der Waals surface area contributed by atoms with Crippen LogP contribution in [0.3, 0.4) is 0 Å². The van der Waals surface area contributed by atoms with Gasteiger partial charge in [0.05, 0.1) is 5.41 Å². The molecule has 0 aromatic heterocycles. The lowest BCUT2D eigenvalue weighted by molar-refractivity contribution is -0.150. The monoisotopic (exact) mass is 276 g/mol. The second-order valence-electron chi connectivity index (χ2n) is 6.74. The summed E-state index contributed by atoms with van der Waals surface area (Å²) >= 11 is 0. The van der Waals surface area contributed by atoms with Crippen molar-refractivity contribution in [2.45, 2.75) is 53.4 Å². The third kappa shape index (κ3) is 4.99. The molecule has 0 aliphatic heterocycles. The molecule has 0 saturated heterocycles. The molecule has 0 spiro atoms. The van der Waals surface area contributed by atoms with Gasteiger partial charge >= 0.3 is 5.97 Å². The van der Waals surface area contributed by atoms with Gasteiger partial charge < -0.3 is 5.11 Å². The summed E-state index contributed by atoms with van der Waals surface area (Å²) in [7, 11) is 0. The van der Waals surface area contributed by atoms with Crippen LogP contribution in [-0.2, 0) is 11.2 Å². The van der Waals surface area contributed by atoms with Crippen LogP contribution in [0.2, 0.25) is 0 Å². The van der Waals surface area contributed by atoms with Gasteiger partial charge in [-0.2, -0.15) is 0 Å². The van der Waals surface area contributed by atoms with Gasteiger partial charge in [0, 0.05) is 0 Å². The number of hydrogen-bond donors (Lipinski definition) is 1. The quantitative estimate of drug-likeness (QED) is 0.741. The maximum absolute atomic E-state index is 11.5. The van der Waals surface area contributed by atoms with E-state index in [0.29, 0.717) is 5.92 Å². The van der Waals surface area contributed by atoms with Crippen molar-refractivity contribution in [2.24, 2.45) is 17.3 Å². The molecule has 1 atom stereocenters. The van der Waals surface area contributed by atoms with E-state index in [-0.39, 0.29) is 5.92 Å². The third-order valence-electron chi connectivity index (χ3n) is 4.23. The van der Waals surface area contributed by atoms with Crippen molar-refractivity contribution < 1.29 is 9.90 Å². The molecule has 0 heterocycles. The fraction of sp³-hybridized carbons (Fsp3) is 0.611. The first-order chi connectivity index (χ1) is 9.34. The lowest BCUT2D eigenvalue weighted by Crippen LogP contribution is -2.34. The highest BCUT2D eigenvalue weighted by Gasteiger charge is 2.36. The molecule has 0 aliphatic carbocycles. The lowest BCUT2D eigenvalue weighted by atomic mass is 9.73. The summed E-state index contributed by atoms with van der Waals surface area (Å²) in [4.78, 5) is 11.5. The molecule has 0 bridgehead atoms. The molecule has 1 N–H and O–H groups in total. The van der Waals surface area contributed by atoms with E-state index in [1.54, 1.807) is 0 Å². The van der Waals surface area contributed by atoms with Gasteiger partial charge in [-0.05, 0) is 44.1 Å². The Kier molecular flexibility index (Phi) is 6.25. The van der Waals surface area contributed by atoms with Crippen LogP contribution in [0.15, 0.2) is 30.3 Å². The zero-order chi connectivity index (χ0) is 15.2. The average Bonchev–Trinajstić information content (AvgIpc) is 2.38. The van der Waals surface area contributed by atoms with Gasteiger partial charge in [-0.1, -0.05) is 57.0 Å². The van der Waals surface area contributed by atoms with E-state index in [0.717, 1.165) is 19.3 Å². The van der Waals surface area contributed by atoms with E-state index in [2.05, 4.69) is 26.0 Å². The van der Waals surface area contributed by atoms with Gasteiger partial charge in [-0.25, -0.2) is 0 Å². The largest absolute Gasteiger partial charge is 0.481 e. The topological polar surface area (TPSA) is 37.3 Å². The molecular formula is C18H28O2. The maximum atomic E-state index is 11.5. The number of hydrogen-bond acceptors (Lipinski definition) is 1. The lowest BCUT2D eigenvalue weighted by Gasteiger charge is -2.31. The first-order valence-electron chi connectivity index (χ1n) is 7.61. The van der Waals surface area contributed by atoms with Crippen LogP contribution >= 0.6 is 0 Å². The fourth-order valence-electron chi connectivity index (χ4n) is 2.56. The van der Waals surface area contributed by atoms with Crippen molar-refractivity contribution in [1.29, 1.82) is 0 Å². The van der Waals surface area contributed by atoms with Crippen LogP contribution in [0.4, 0.5) is 0 Å². The van der Waals surface area contributed by atoms with E-state index in [4.69, 9.17) is 0 Å². The number of aliphatic carboxylic acids is 1. The minimum absolute atomic E-state index is 0.182. The smallest absolute Gasteiger partial charge is 0.309 e. The summed E-state index contributed by atoms with van der Waals surface area (Å²) in [5, 5.41) is 9.50. The Morgan fingerprint density at radius 3 is 2.25 bits per heavy atom. The first-order valence-corrected chi connectivity index (χ1v) is 7.61. The number of rotatable bonds is 8. The van der Waals surface area contributed by atoms with Gasteiger partial charge in [-0.3, -0.25) is 4.79 Å². The molecule has 0 aliphatic rings. The van der Waals surface area contributed by atoms with Crippen molar-refractivity contribution in [2.75, 3.05) is 0 Å². The van der Waals surface area contributed by atoms with Crippen molar-refractivity contribution in [3.8, 4) is 0 Å². The van der Waals surface area contributed by atoms with Crippen LogP contribution in [0.1, 0.15) is 52.5 Å².